The number of hydrogen-bond donors (Lipinski definition) is 2. The lowest BCUT2D eigenvalue weighted by atomic mass is 9.86. The lowest BCUT2D eigenvalue weighted by Crippen LogP contribution is -2.34. The number of hydrogen-bond acceptors (Lipinski definition) is 3. The molecule has 0 spiro atoms. The third-order valence-corrected chi connectivity index (χ3v) is 3.94. The van der Waals surface area contributed by atoms with Crippen LogP contribution in [-0.4, -0.2) is 27.3 Å². The van der Waals surface area contributed by atoms with Gasteiger partial charge in [0, 0.05) is 31.9 Å². The Morgan fingerprint density at radius 3 is 2.83 bits per heavy atom. The Hall–Kier alpha value is -0.870. The number of rotatable bonds is 6. The Kier molecular flexibility index (Phi) is 5.20. The number of aliphatic hydroxyl groups excluding tert-OH is 1. The Labute approximate surface area is 109 Å². The minimum absolute atomic E-state index is 0.357. The molecule has 18 heavy (non-hydrogen) atoms. The van der Waals surface area contributed by atoms with Gasteiger partial charge < -0.3 is 15.0 Å². The van der Waals surface area contributed by atoms with Crippen LogP contribution >= 0.6 is 0 Å². The van der Waals surface area contributed by atoms with Crippen LogP contribution in [0.1, 0.15) is 44.7 Å². The summed E-state index contributed by atoms with van der Waals surface area (Å²) >= 11 is 0. The van der Waals surface area contributed by atoms with E-state index in [-0.39, 0.29) is 0 Å². The highest BCUT2D eigenvalue weighted by molar-refractivity contribution is 4.98. The molecular formula is C14H25N3O. The molecule has 0 unspecified atom stereocenters. The molecule has 2 rings (SSSR count). The maximum Gasteiger partial charge on any atom is 0.0948 e. The van der Waals surface area contributed by atoms with E-state index in [0.29, 0.717) is 18.6 Å². The summed E-state index contributed by atoms with van der Waals surface area (Å²) in [5.74, 6) is 0.536. The van der Waals surface area contributed by atoms with Crippen LogP contribution in [0.25, 0.3) is 0 Å². The summed E-state index contributed by atoms with van der Waals surface area (Å²) < 4.78 is 2.23. The summed E-state index contributed by atoms with van der Waals surface area (Å²) in [4.78, 5) is 4.22. The summed E-state index contributed by atoms with van der Waals surface area (Å²) in [5, 5.41) is 12.7. The van der Waals surface area contributed by atoms with Gasteiger partial charge in [-0.05, 0) is 38.0 Å². The van der Waals surface area contributed by atoms with Gasteiger partial charge in [0.1, 0.15) is 0 Å². The minimum atomic E-state index is 0.357. The lowest BCUT2D eigenvalue weighted by Gasteiger charge is -2.28. The normalized spacial score (nSPS) is 24.3. The van der Waals surface area contributed by atoms with Gasteiger partial charge in [0.15, 0.2) is 0 Å². The van der Waals surface area contributed by atoms with E-state index in [9.17, 15) is 0 Å². The first-order valence-electron chi connectivity index (χ1n) is 7.16. The zero-order chi connectivity index (χ0) is 12.8. The zero-order valence-electron chi connectivity index (χ0n) is 11.3. The van der Waals surface area contributed by atoms with E-state index in [2.05, 4.69) is 21.8 Å². The van der Waals surface area contributed by atoms with E-state index < -0.39 is 0 Å². The predicted molar refractivity (Wildman–Crippen MR) is 72.2 cm³/mol. The van der Waals surface area contributed by atoms with Gasteiger partial charge >= 0.3 is 0 Å². The van der Waals surface area contributed by atoms with Crippen LogP contribution in [0, 0.1) is 5.92 Å². The van der Waals surface area contributed by atoms with Gasteiger partial charge in [-0.25, -0.2) is 4.98 Å². The van der Waals surface area contributed by atoms with Crippen molar-refractivity contribution in [3.05, 3.63) is 18.2 Å². The van der Waals surface area contributed by atoms with Crippen molar-refractivity contribution >= 4 is 0 Å². The number of aliphatic hydroxyl groups is 1. The van der Waals surface area contributed by atoms with E-state index in [0.717, 1.165) is 32.4 Å². The van der Waals surface area contributed by atoms with Crippen molar-refractivity contribution in [1.29, 1.82) is 0 Å². The Balaban J connectivity index is 1.76. The Morgan fingerprint density at radius 2 is 2.17 bits per heavy atom. The smallest absolute Gasteiger partial charge is 0.0948 e. The first kappa shape index (κ1) is 13.6. The van der Waals surface area contributed by atoms with Crippen LogP contribution < -0.4 is 5.32 Å². The maximum absolute atomic E-state index is 9.12. The number of nitrogens with zero attached hydrogens (tertiary/aromatic N) is 2. The number of nitrogens with one attached hydrogen (secondary N) is 1. The summed E-state index contributed by atoms with van der Waals surface area (Å²) in [7, 11) is 0. The van der Waals surface area contributed by atoms with E-state index >= 15 is 0 Å². The number of aromatic nitrogens is 2. The van der Waals surface area contributed by atoms with Gasteiger partial charge in [0.25, 0.3) is 0 Å². The topological polar surface area (TPSA) is 50.1 Å². The van der Waals surface area contributed by atoms with Crippen molar-refractivity contribution in [3.8, 4) is 0 Å². The van der Waals surface area contributed by atoms with Crippen LogP contribution in [0.2, 0.25) is 0 Å². The molecule has 1 saturated carbocycles. The van der Waals surface area contributed by atoms with Crippen molar-refractivity contribution in [2.45, 2.75) is 58.2 Å². The molecule has 0 radical (unpaired) electrons. The van der Waals surface area contributed by atoms with Crippen LogP contribution in [0.4, 0.5) is 0 Å². The van der Waals surface area contributed by atoms with Gasteiger partial charge in [-0.15, -0.1) is 0 Å². The first-order valence-corrected chi connectivity index (χ1v) is 7.16. The Bertz CT molecular complexity index is 343. The number of imidazole rings is 1. The predicted octanol–water partition coefficient (Wildman–Crippen LogP) is 1.93. The molecule has 102 valence electrons. The molecule has 2 N–H and O–H groups in total. The van der Waals surface area contributed by atoms with Crippen molar-refractivity contribution in [2.75, 3.05) is 6.61 Å². The highest BCUT2D eigenvalue weighted by Crippen LogP contribution is 2.23. The molecule has 1 aromatic heterocycles. The SMILES string of the molecule is CCCn1cncc1CNC1CCC(CO)CC1. The monoisotopic (exact) mass is 251 g/mol. The second-order valence-electron chi connectivity index (χ2n) is 5.36. The molecule has 0 amide bonds. The summed E-state index contributed by atoms with van der Waals surface area (Å²) in [6.45, 7) is 4.51. The highest BCUT2D eigenvalue weighted by Gasteiger charge is 2.20. The van der Waals surface area contributed by atoms with Crippen molar-refractivity contribution in [1.82, 2.24) is 14.9 Å². The van der Waals surface area contributed by atoms with Crippen LogP contribution in [0.5, 0.6) is 0 Å². The van der Waals surface area contributed by atoms with Crippen molar-refractivity contribution < 1.29 is 5.11 Å². The molecule has 0 aromatic carbocycles. The van der Waals surface area contributed by atoms with Crippen LogP contribution in [-0.2, 0) is 13.1 Å². The van der Waals surface area contributed by atoms with Crippen LogP contribution in [0.15, 0.2) is 12.5 Å². The van der Waals surface area contributed by atoms with Gasteiger partial charge in [0.05, 0.1) is 12.0 Å². The molecule has 4 nitrogen and oxygen atoms in total. The third-order valence-electron chi connectivity index (χ3n) is 3.94. The first-order chi connectivity index (χ1) is 8.83. The van der Waals surface area contributed by atoms with E-state index in [1.807, 2.05) is 12.5 Å². The molecule has 0 bridgehead atoms. The number of aryl methyl sites for hydroxylation is 1. The lowest BCUT2D eigenvalue weighted by molar-refractivity contribution is 0.175. The average Bonchev–Trinajstić information content (AvgIpc) is 2.85. The third kappa shape index (κ3) is 3.56. The maximum atomic E-state index is 9.12. The van der Waals surface area contributed by atoms with Crippen molar-refractivity contribution in [2.24, 2.45) is 5.92 Å². The molecule has 4 heteroatoms. The molecule has 0 atom stereocenters. The second kappa shape index (κ2) is 6.90. The standard InChI is InChI=1S/C14H25N3O/c1-2-7-17-11-15-8-14(17)9-16-13-5-3-12(10-18)4-6-13/h8,11-13,16,18H,2-7,9-10H2,1H3. The molecule has 1 heterocycles. The van der Waals surface area contributed by atoms with Gasteiger partial charge in [-0.3, -0.25) is 0 Å². The fraction of sp³-hybridized carbons (Fsp3) is 0.786. The molecule has 0 aliphatic heterocycles. The van der Waals surface area contributed by atoms with Crippen molar-refractivity contribution in [3.63, 3.8) is 0 Å². The van der Waals surface area contributed by atoms with E-state index in [1.54, 1.807) is 0 Å². The van der Waals surface area contributed by atoms with E-state index in [4.69, 9.17) is 5.11 Å². The fourth-order valence-electron chi connectivity index (χ4n) is 2.74. The quantitative estimate of drug-likeness (QED) is 0.812. The molecule has 1 aromatic rings. The van der Waals surface area contributed by atoms with E-state index in [1.165, 1.54) is 18.5 Å². The van der Waals surface area contributed by atoms with Gasteiger partial charge in [-0.2, -0.15) is 0 Å². The molecule has 1 fully saturated rings. The summed E-state index contributed by atoms with van der Waals surface area (Å²) in [6, 6.07) is 0.609. The molecule has 1 aliphatic rings. The fourth-order valence-corrected chi connectivity index (χ4v) is 2.74. The van der Waals surface area contributed by atoms with Crippen LogP contribution in [0.3, 0.4) is 0 Å². The largest absolute Gasteiger partial charge is 0.396 e. The molecule has 0 saturated heterocycles. The van der Waals surface area contributed by atoms with Gasteiger partial charge in [0.2, 0.25) is 0 Å². The summed E-state index contributed by atoms with van der Waals surface area (Å²) in [5.41, 5.74) is 1.28. The highest BCUT2D eigenvalue weighted by atomic mass is 16.3. The zero-order valence-corrected chi connectivity index (χ0v) is 11.3. The average molecular weight is 251 g/mol. The molecule has 1 aliphatic carbocycles. The second-order valence-corrected chi connectivity index (χ2v) is 5.36. The molecular weight excluding hydrogens is 226 g/mol. The minimum Gasteiger partial charge on any atom is -0.396 e. The van der Waals surface area contributed by atoms with Gasteiger partial charge in [-0.1, -0.05) is 6.92 Å². The summed E-state index contributed by atoms with van der Waals surface area (Å²) in [6.07, 6.45) is 9.71. The Morgan fingerprint density at radius 1 is 1.39 bits per heavy atom.